The lowest BCUT2D eigenvalue weighted by Gasteiger charge is -2.10. The molecule has 22 heavy (non-hydrogen) atoms. The Labute approximate surface area is 134 Å². The summed E-state index contributed by atoms with van der Waals surface area (Å²) in [5, 5.41) is 17.3. The molecule has 1 aromatic heterocycles. The number of aryl methyl sites for hydroxylation is 1. The number of carbonyl (C=O) groups is 1. The number of nitrogens with one attached hydrogen (secondary N) is 1. The highest BCUT2D eigenvalue weighted by Gasteiger charge is 2.19. The average molecular weight is 322 g/mol. The van der Waals surface area contributed by atoms with Crippen LogP contribution in [0.25, 0.3) is 11.3 Å². The van der Waals surface area contributed by atoms with Crippen LogP contribution in [0.2, 0.25) is 5.02 Å². The Kier molecular flexibility index (Phi) is 5.57. The molecule has 118 valence electrons. The second kappa shape index (κ2) is 7.42. The second-order valence-electron chi connectivity index (χ2n) is 5.20. The van der Waals surface area contributed by atoms with Crippen LogP contribution >= 0.6 is 11.6 Å². The summed E-state index contributed by atoms with van der Waals surface area (Å²) in [6.07, 6.45) is 2.65. The van der Waals surface area contributed by atoms with E-state index in [9.17, 15) is 9.90 Å². The van der Waals surface area contributed by atoms with Gasteiger partial charge in [0.1, 0.15) is 5.69 Å². The molecule has 0 aliphatic heterocycles. The van der Waals surface area contributed by atoms with E-state index in [4.69, 9.17) is 11.6 Å². The molecule has 1 atom stereocenters. The Morgan fingerprint density at radius 1 is 1.45 bits per heavy atom. The third-order valence-electron chi connectivity index (χ3n) is 3.32. The molecule has 2 rings (SSSR count). The molecule has 0 radical (unpaired) electrons. The van der Waals surface area contributed by atoms with E-state index in [-0.39, 0.29) is 12.5 Å². The van der Waals surface area contributed by atoms with E-state index in [2.05, 4.69) is 10.4 Å². The lowest BCUT2D eigenvalue weighted by molar-refractivity contribution is 0.0910. The molecule has 1 heterocycles. The monoisotopic (exact) mass is 321 g/mol. The molecule has 1 amide bonds. The van der Waals surface area contributed by atoms with Crippen LogP contribution < -0.4 is 5.32 Å². The zero-order valence-corrected chi connectivity index (χ0v) is 13.5. The molecule has 0 fully saturated rings. The van der Waals surface area contributed by atoms with Crippen molar-refractivity contribution in [2.24, 2.45) is 7.05 Å². The Hall–Kier alpha value is -1.85. The largest absolute Gasteiger partial charge is 0.391 e. The van der Waals surface area contributed by atoms with Crippen LogP contribution in [-0.4, -0.2) is 33.4 Å². The quantitative estimate of drug-likeness (QED) is 0.859. The number of nitrogens with zero attached hydrogens (tertiary/aromatic N) is 2. The molecule has 5 nitrogen and oxygen atoms in total. The van der Waals surface area contributed by atoms with E-state index in [0.717, 1.165) is 6.42 Å². The van der Waals surface area contributed by atoms with Gasteiger partial charge in [-0.3, -0.25) is 9.48 Å². The fourth-order valence-electron chi connectivity index (χ4n) is 2.25. The number of benzene rings is 1. The van der Waals surface area contributed by atoms with Gasteiger partial charge in [-0.2, -0.15) is 5.10 Å². The number of rotatable bonds is 6. The maximum atomic E-state index is 12.4. The van der Waals surface area contributed by atoms with Crippen LogP contribution in [0, 0.1) is 0 Å². The van der Waals surface area contributed by atoms with E-state index in [1.165, 1.54) is 0 Å². The van der Waals surface area contributed by atoms with Crippen molar-refractivity contribution in [3.05, 3.63) is 41.0 Å². The third-order valence-corrected chi connectivity index (χ3v) is 3.65. The highest BCUT2D eigenvalue weighted by Crippen LogP contribution is 2.28. The fourth-order valence-corrected chi connectivity index (χ4v) is 2.47. The molecular formula is C16H20ClN3O2. The van der Waals surface area contributed by atoms with Gasteiger partial charge in [0.2, 0.25) is 0 Å². The summed E-state index contributed by atoms with van der Waals surface area (Å²) < 4.78 is 1.58. The van der Waals surface area contributed by atoms with Gasteiger partial charge < -0.3 is 10.4 Å². The van der Waals surface area contributed by atoms with Crippen LogP contribution in [0.3, 0.4) is 0 Å². The van der Waals surface area contributed by atoms with Gasteiger partial charge in [0.15, 0.2) is 0 Å². The summed E-state index contributed by atoms with van der Waals surface area (Å²) in [4.78, 5) is 12.4. The first-order valence-electron chi connectivity index (χ1n) is 7.27. The maximum Gasteiger partial charge on any atom is 0.255 e. The highest BCUT2D eigenvalue weighted by molar-refractivity contribution is 6.33. The summed E-state index contributed by atoms with van der Waals surface area (Å²) in [6.45, 7) is 2.21. The number of halogens is 1. The summed E-state index contributed by atoms with van der Waals surface area (Å²) in [6, 6.07) is 7.27. The van der Waals surface area contributed by atoms with Crippen molar-refractivity contribution in [3.8, 4) is 11.3 Å². The Morgan fingerprint density at radius 2 is 2.18 bits per heavy atom. The molecule has 0 spiro atoms. The Morgan fingerprint density at radius 3 is 2.86 bits per heavy atom. The minimum Gasteiger partial charge on any atom is -0.391 e. The number of amides is 1. The van der Waals surface area contributed by atoms with Crippen LogP contribution in [0.1, 0.15) is 30.1 Å². The zero-order chi connectivity index (χ0) is 16.1. The van der Waals surface area contributed by atoms with Gasteiger partial charge in [-0.25, -0.2) is 0 Å². The van der Waals surface area contributed by atoms with E-state index in [1.54, 1.807) is 24.0 Å². The van der Waals surface area contributed by atoms with Crippen molar-refractivity contribution in [3.63, 3.8) is 0 Å². The Bertz CT molecular complexity index is 655. The molecule has 0 aliphatic carbocycles. The minimum atomic E-state index is -0.533. The van der Waals surface area contributed by atoms with Crippen molar-refractivity contribution in [1.82, 2.24) is 15.1 Å². The van der Waals surface area contributed by atoms with Crippen molar-refractivity contribution in [1.29, 1.82) is 0 Å². The predicted octanol–water partition coefficient (Wildman–Crippen LogP) is 2.63. The molecule has 2 aromatic rings. The summed E-state index contributed by atoms with van der Waals surface area (Å²) >= 11 is 6.19. The normalized spacial score (nSPS) is 12.2. The van der Waals surface area contributed by atoms with Crippen LogP contribution in [0.5, 0.6) is 0 Å². The van der Waals surface area contributed by atoms with Crippen molar-refractivity contribution in [2.45, 2.75) is 25.9 Å². The van der Waals surface area contributed by atoms with Gasteiger partial charge in [0.25, 0.3) is 5.91 Å². The van der Waals surface area contributed by atoms with Gasteiger partial charge in [0, 0.05) is 25.4 Å². The third kappa shape index (κ3) is 3.87. The first kappa shape index (κ1) is 16.5. The van der Waals surface area contributed by atoms with Crippen LogP contribution in [0.4, 0.5) is 0 Å². The van der Waals surface area contributed by atoms with Gasteiger partial charge >= 0.3 is 0 Å². The zero-order valence-electron chi connectivity index (χ0n) is 12.7. The molecule has 0 saturated heterocycles. The van der Waals surface area contributed by atoms with Gasteiger partial charge in [-0.1, -0.05) is 43.1 Å². The number of carbonyl (C=O) groups excluding carboxylic acids is 1. The number of hydrogen-bond donors (Lipinski definition) is 2. The molecular weight excluding hydrogens is 302 g/mol. The van der Waals surface area contributed by atoms with Gasteiger partial charge in [-0.05, 0) is 12.5 Å². The first-order valence-corrected chi connectivity index (χ1v) is 7.65. The highest BCUT2D eigenvalue weighted by atomic mass is 35.5. The van der Waals surface area contributed by atoms with E-state index < -0.39 is 6.10 Å². The SMILES string of the molecule is CCCC(O)CNC(=O)c1cn(C)nc1-c1ccccc1Cl. The number of aliphatic hydroxyl groups is 1. The lowest BCUT2D eigenvalue weighted by Crippen LogP contribution is -2.32. The molecule has 2 N–H and O–H groups in total. The van der Waals surface area contributed by atoms with Crippen LogP contribution in [0.15, 0.2) is 30.5 Å². The standard InChI is InChI=1S/C16H20ClN3O2/c1-3-6-11(21)9-18-16(22)13-10-20(2)19-15(13)12-7-4-5-8-14(12)17/h4-5,7-8,10-11,21H,3,6,9H2,1-2H3,(H,18,22). The smallest absolute Gasteiger partial charge is 0.255 e. The van der Waals surface area contributed by atoms with Gasteiger partial charge in [-0.15, -0.1) is 0 Å². The predicted molar refractivity (Wildman–Crippen MR) is 86.9 cm³/mol. The molecule has 0 aliphatic rings. The van der Waals surface area contributed by atoms with E-state index >= 15 is 0 Å². The number of aliphatic hydroxyl groups excluding tert-OH is 1. The Balaban J connectivity index is 2.22. The van der Waals surface area contributed by atoms with Crippen molar-refractivity contribution in [2.75, 3.05) is 6.54 Å². The van der Waals surface area contributed by atoms with Crippen molar-refractivity contribution < 1.29 is 9.90 Å². The summed E-state index contributed by atoms with van der Waals surface area (Å²) in [5.74, 6) is -0.266. The van der Waals surface area contributed by atoms with Crippen LogP contribution in [-0.2, 0) is 7.05 Å². The average Bonchev–Trinajstić information content (AvgIpc) is 2.87. The topological polar surface area (TPSA) is 67.2 Å². The number of aromatic nitrogens is 2. The maximum absolute atomic E-state index is 12.4. The molecule has 1 aromatic carbocycles. The second-order valence-corrected chi connectivity index (χ2v) is 5.60. The minimum absolute atomic E-state index is 0.226. The van der Waals surface area contributed by atoms with Crippen molar-refractivity contribution >= 4 is 17.5 Å². The molecule has 0 saturated carbocycles. The molecule has 1 unspecified atom stereocenters. The molecule has 6 heteroatoms. The van der Waals surface area contributed by atoms with E-state index in [0.29, 0.717) is 28.3 Å². The summed E-state index contributed by atoms with van der Waals surface area (Å²) in [5.41, 5.74) is 1.69. The fraction of sp³-hybridized carbons (Fsp3) is 0.375. The molecule has 0 bridgehead atoms. The summed E-state index contributed by atoms with van der Waals surface area (Å²) in [7, 11) is 1.75. The van der Waals surface area contributed by atoms with E-state index in [1.807, 2.05) is 25.1 Å². The van der Waals surface area contributed by atoms with Gasteiger partial charge in [0.05, 0.1) is 16.7 Å². The lowest BCUT2D eigenvalue weighted by atomic mass is 10.1. The number of hydrogen-bond acceptors (Lipinski definition) is 3. The first-order chi connectivity index (χ1) is 10.5.